The Morgan fingerprint density at radius 3 is 2.71 bits per heavy atom. The molecule has 3 aromatic rings. The van der Waals surface area contributed by atoms with Gasteiger partial charge in [0.15, 0.2) is 0 Å². The minimum atomic E-state index is -0.447. The first-order valence-corrected chi connectivity index (χ1v) is 7.17. The molecule has 0 unspecified atom stereocenters. The smallest absolute Gasteiger partial charge is 0.269 e. The fourth-order valence-electron chi connectivity index (χ4n) is 2.42. The molecule has 0 radical (unpaired) electrons. The van der Waals surface area contributed by atoms with Crippen LogP contribution in [0.25, 0.3) is 10.9 Å². The maximum absolute atomic E-state index is 10.6. The molecule has 1 N–H and O–H groups in total. The van der Waals surface area contributed by atoms with E-state index in [4.69, 9.17) is 5.26 Å². The number of nitriles is 1. The molecule has 0 spiro atoms. The summed E-state index contributed by atoms with van der Waals surface area (Å²) in [7, 11) is 0. The van der Waals surface area contributed by atoms with Crippen molar-refractivity contribution in [3.8, 4) is 6.07 Å². The summed E-state index contributed by atoms with van der Waals surface area (Å²) in [4.78, 5) is 10.2. The van der Waals surface area contributed by atoms with Crippen LogP contribution in [0.4, 0.5) is 11.4 Å². The van der Waals surface area contributed by atoms with Gasteiger partial charge in [-0.15, -0.1) is 0 Å². The standard InChI is InChI=1S/C17H13N5O2/c18-9-10-21-12-13(16-3-1-2-4-17(16)21)11-19-20-14-5-7-15(8-6-14)22(23)24/h1-8,11-12,20H,10H2/b19-11+. The van der Waals surface area contributed by atoms with Gasteiger partial charge in [0, 0.05) is 34.8 Å². The topological polar surface area (TPSA) is 96.2 Å². The van der Waals surface area contributed by atoms with Crippen molar-refractivity contribution in [3.63, 3.8) is 0 Å². The number of fused-ring (bicyclic) bond motifs is 1. The molecule has 0 saturated carbocycles. The van der Waals surface area contributed by atoms with Crippen LogP contribution in [0.5, 0.6) is 0 Å². The molecule has 0 aliphatic carbocycles. The van der Waals surface area contributed by atoms with Crippen molar-refractivity contribution < 1.29 is 4.92 Å². The molecule has 2 aromatic carbocycles. The SMILES string of the molecule is N#CCn1cc(/C=N/Nc2ccc([N+](=O)[O-])cc2)c2ccccc21. The Morgan fingerprint density at radius 2 is 2.00 bits per heavy atom. The van der Waals surface area contributed by atoms with Crippen molar-refractivity contribution in [2.45, 2.75) is 6.54 Å². The van der Waals surface area contributed by atoms with Crippen LogP contribution in [0.15, 0.2) is 59.8 Å². The highest BCUT2D eigenvalue weighted by molar-refractivity contribution is 5.99. The van der Waals surface area contributed by atoms with Gasteiger partial charge in [0.2, 0.25) is 0 Å². The van der Waals surface area contributed by atoms with Crippen molar-refractivity contribution in [1.82, 2.24) is 4.57 Å². The largest absolute Gasteiger partial charge is 0.333 e. The van der Waals surface area contributed by atoms with Gasteiger partial charge >= 0.3 is 0 Å². The molecular formula is C17H13N5O2. The maximum atomic E-state index is 10.6. The van der Waals surface area contributed by atoms with Crippen LogP contribution >= 0.6 is 0 Å². The Balaban J connectivity index is 1.80. The van der Waals surface area contributed by atoms with Gasteiger partial charge < -0.3 is 4.57 Å². The molecule has 24 heavy (non-hydrogen) atoms. The van der Waals surface area contributed by atoms with E-state index in [9.17, 15) is 10.1 Å². The van der Waals surface area contributed by atoms with Gasteiger partial charge in [0.05, 0.1) is 22.9 Å². The minimum Gasteiger partial charge on any atom is -0.333 e. The maximum Gasteiger partial charge on any atom is 0.269 e. The Morgan fingerprint density at radius 1 is 1.25 bits per heavy atom. The number of hydrazone groups is 1. The molecule has 3 rings (SSSR count). The fraction of sp³-hybridized carbons (Fsp3) is 0.0588. The summed E-state index contributed by atoms with van der Waals surface area (Å²) >= 11 is 0. The Hall–Kier alpha value is -3.66. The first kappa shape index (κ1) is 15.2. The number of nitro benzene ring substituents is 1. The summed E-state index contributed by atoms with van der Waals surface area (Å²) in [6.07, 6.45) is 3.53. The fourth-order valence-corrected chi connectivity index (χ4v) is 2.42. The second-order valence-corrected chi connectivity index (χ2v) is 5.06. The molecule has 0 aliphatic heterocycles. The Kier molecular flexibility index (Phi) is 4.21. The van der Waals surface area contributed by atoms with Gasteiger partial charge in [-0.3, -0.25) is 15.5 Å². The highest BCUT2D eigenvalue weighted by Crippen LogP contribution is 2.20. The number of non-ortho nitro benzene ring substituents is 1. The predicted octanol–water partition coefficient (Wildman–Crippen LogP) is 3.52. The summed E-state index contributed by atoms with van der Waals surface area (Å²) in [5, 5.41) is 24.7. The summed E-state index contributed by atoms with van der Waals surface area (Å²) in [6, 6.07) is 15.9. The second kappa shape index (κ2) is 6.62. The van der Waals surface area contributed by atoms with Crippen molar-refractivity contribution in [1.29, 1.82) is 5.26 Å². The predicted molar refractivity (Wildman–Crippen MR) is 91.9 cm³/mol. The van der Waals surface area contributed by atoms with E-state index < -0.39 is 4.92 Å². The first-order chi connectivity index (χ1) is 11.7. The van der Waals surface area contributed by atoms with Gasteiger partial charge in [-0.1, -0.05) is 18.2 Å². The van der Waals surface area contributed by atoms with E-state index in [1.54, 1.807) is 18.3 Å². The van der Waals surface area contributed by atoms with E-state index in [1.165, 1.54) is 12.1 Å². The lowest BCUT2D eigenvalue weighted by Crippen LogP contribution is -1.93. The molecule has 0 atom stereocenters. The number of nitro groups is 1. The molecular weight excluding hydrogens is 306 g/mol. The van der Waals surface area contributed by atoms with Crippen LogP contribution in [0, 0.1) is 21.4 Å². The van der Waals surface area contributed by atoms with Crippen molar-refractivity contribution in [3.05, 3.63) is 70.4 Å². The molecule has 0 amide bonds. The van der Waals surface area contributed by atoms with E-state index in [0.29, 0.717) is 5.69 Å². The lowest BCUT2D eigenvalue weighted by molar-refractivity contribution is -0.384. The quantitative estimate of drug-likeness (QED) is 0.442. The third kappa shape index (κ3) is 3.08. The number of nitrogens with one attached hydrogen (secondary N) is 1. The Bertz CT molecular complexity index is 951. The molecule has 1 heterocycles. The van der Waals surface area contributed by atoms with Crippen molar-refractivity contribution >= 4 is 28.5 Å². The summed E-state index contributed by atoms with van der Waals surface area (Å²) in [5.41, 5.74) is 5.37. The van der Waals surface area contributed by atoms with Gasteiger partial charge in [-0.2, -0.15) is 10.4 Å². The lowest BCUT2D eigenvalue weighted by Gasteiger charge is -1.99. The zero-order valence-electron chi connectivity index (χ0n) is 12.6. The van der Waals surface area contributed by atoms with Crippen LogP contribution in [0.1, 0.15) is 5.56 Å². The number of aromatic nitrogens is 1. The number of rotatable bonds is 5. The number of para-hydroxylation sites is 1. The van der Waals surface area contributed by atoms with Gasteiger partial charge in [-0.05, 0) is 18.2 Å². The highest BCUT2D eigenvalue weighted by Gasteiger charge is 2.06. The van der Waals surface area contributed by atoms with Crippen LogP contribution in [0.2, 0.25) is 0 Å². The lowest BCUT2D eigenvalue weighted by atomic mass is 10.2. The zero-order valence-corrected chi connectivity index (χ0v) is 12.6. The molecule has 0 fully saturated rings. The number of nitrogens with zero attached hydrogens (tertiary/aromatic N) is 4. The first-order valence-electron chi connectivity index (χ1n) is 7.17. The molecule has 0 saturated heterocycles. The number of benzene rings is 2. The van der Waals surface area contributed by atoms with E-state index in [2.05, 4.69) is 16.6 Å². The summed E-state index contributed by atoms with van der Waals surface area (Å²) in [5.74, 6) is 0. The number of hydrogen-bond donors (Lipinski definition) is 1. The molecule has 1 aromatic heterocycles. The minimum absolute atomic E-state index is 0.0316. The number of hydrogen-bond acceptors (Lipinski definition) is 5. The normalized spacial score (nSPS) is 10.8. The summed E-state index contributed by atoms with van der Waals surface area (Å²) < 4.78 is 1.86. The van der Waals surface area contributed by atoms with E-state index in [-0.39, 0.29) is 12.2 Å². The molecule has 118 valence electrons. The number of anilines is 1. The van der Waals surface area contributed by atoms with Crippen LogP contribution < -0.4 is 5.43 Å². The second-order valence-electron chi connectivity index (χ2n) is 5.06. The average molecular weight is 319 g/mol. The highest BCUT2D eigenvalue weighted by atomic mass is 16.6. The van der Waals surface area contributed by atoms with Crippen LogP contribution in [-0.2, 0) is 6.54 Å². The van der Waals surface area contributed by atoms with Crippen molar-refractivity contribution in [2.75, 3.05) is 5.43 Å². The monoisotopic (exact) mass is 319 g/mol. The van der Waals surface area contributed by atoms with E-state index in [0.717, 1.165) is 16.5 Å². The third-order valence-corrected chi connectivity index (χ3v) is 3.54. The van der Waals surface area contributed by atoms with Gasteiger partial charge in [-0.25, -0.2) is 0 Å². The van der Waals surface area contributed by atoms with E-state index >= 15 is 0 Å². The summed E-state index contributed by atoms with van der Waals surface area (Å²) in [6.45, 7) is 0.268. The molecule has 0 aliphatic rings. The zero-order chi connectivity index (χ0) is 16.9. The Labute approximate surface area is 137 Å². The molecule has 0 bridgehead atoms. The van der Waals surface area contributed by atoms with Crippen molar-refractivity contribution in [2.24, 2.45) is 5.10 Å². The third-order valence-electron chi connectivity index (χ3n) is 3.54. The average Bonchev–Trinajstić information content (AvgIpc) is 2.94. The van der Waals surface area contributed by atoms with Crippen LogP contribution in [0.3, 0.4) is 0 Å². The van der Waals surface area contributed by atoms with E-state index in [1.807, 2.05) is 35.0 Å². The van der Waals surface area contributed by atoms with Crippen LogP contribution in [-0.4, -0.2) is 15.7 Å². The molecule has 7 nitrogen and oxygen atoms in total. The van der Waals surface area contributed by atoms with Gasteiger partial charge in [0.1, 0.15) is 6.54 Å². The molecule has 7 heteroatoms. The van der Waals surface area contributed by atoms with Gasteiger partial charge in [0.25, 0.3) is 5.69 Å².